The van der Waals surface area contributed by atoms with Crippen LogP contribution < -0.4 is 0 Å². The Hall–Kier alpha value is -0.580. The summed E-state index contributed by atoms with van der Waals surface area (Å²) in [4.78, 5) is 3.84. The number of nitrogens with zero attached hydrogens (tertiary/aromatic N) is 1. The van der Waals surface area contributed by atoms with E-state index in [1.54, 1.807) is 6.92 Å². The lowest BCUT2D eigenvalue weighted by Crippen LogP contribution is -2.07. The van der Waals surface area contributed by atoms with E-state index >= 15 is 0 Å². The van der Waals surface area contributed by atoms with Crippen LogP contribution in [0.2, 0.25) is 0 Å². The molecule has 1 nitrogen and oxygen atoms in total. The van der Waals surface area contributed by atoms with Crippen molar-refractivity contribution in [1.82, 2.24) is 4.98 Å². The Labute approximate surface area is 65.9 Å². The van der Waals surface area contributed by atoms with Crippen LogP contribution in [0.4, 0.5) is 13.2 Å². The molecule has 0 aromatic carbocycles. The van der Waals surface area contributed by atoms with Gasteiger partial charge in [-0.15, -0.1) is 11.3 Å². The number of aromatic nitrogens is 1. The third kappa shape index (κ3) is 2.88. The Balaban J connectivity index is 2.65. The fraction of sp³-hybridized carbons (Fsp3) is 0.333. The van der Waals surface area contributed by atoms with Gasteiger partial charge in [-0.25, -0.2) is 4.98 Å². The molecule has 0 spiro atoms. The Morgan fingerprint density at radius 3 is 2.55 bits per heavy atom. The van der Waals surface area contributed by atoms with Crippen molar-refractivity contribution in [2.24, 2.45) is 0 Å². The van der Waals surface area contributed by atoms with Crippen molar-refractivity contribution in [2.45, 2.75) is 13.1 Å². The smallest absolute Gasteiger partial charge is 0.250 e. The molecule has 1 aromatic rings. The molecular weight excluding hydrogens is 175 g/mol. The van der Waals surface area contributed by atoms with E-state index in [-0.39, 0.29) is 11.3 Å². The fourth-order valence-electron chi connectivity index (χ4n) is 0.606. The Morgan fingerprint density at radius 2 is 2.18 bits per heavy atom. The van der Waals surface area contributed by atoms with Gasteiger partial charge in [-0.3, -0.25) is 0 Å². The molecule has 0 fully saturated rings. The van der Waals surface area contributed by atoms with E-state index in [0.29, 0.717) is 5.01 Å². The standard InChI is InChI=1S/C6H5F3NS/c1-4-10-3-5(11-4)2-6(7,8)9/h2-3H,1H3. The SMILES string of the molecule is Cc1ncc([CH]C(F)(F)F)s1. The monoisotopic (exact) mass is 180 g/mol. The summed E-state index contributed by atoms with van der Waals surface area (Å²) in [6.45, 7) is 1.67. The van der Waals surface area contributed by atoms with E-state index in [0.717, 1.165) is 11.3 Å². The van der Waals surface area contributed by atoms with Gasteiger partial charge in [-0.1, -0.05) is 0 Å². The highest BCUT2D eigenvalue weighted by Gasteiger charge is 2.29. The fourth-order valence-corrected chi connectivity index (χ4v) is 1.35. The van der Waals surface area contributed by atoms with E-state index in [9.17, 15) is 13.2 Å². The van der Waals surface area contributed by atoms with Gasteiger partial charge in [-0.05, 0) is 6.92 Å². The molecule has 1 rings (SSSR count). The first kappa shape index (κ1) is 8.52. The van der Waals surface area contributed by atoms with E-state index in [1.165, 1.54) is 6.20 Å². The zero-order valence-electron chi connectivity index (χ0n) is 5.64. The average Bonchev–Trinajstić information content (AvgIpc) is 2.10. The van der Waals surface area contributed by atoms with Crippen molar-refractivity contribution in [2.75, 3.05) is 0 Å². The van der Waals surface area contributed by atoms with Crippen LogP contribution in [0, 0.1) is 13.3 Å². The summed E-state index contributed by atoms with van der Waals surface area (Å²) in [6, 6.07) is 0. The minimum Gasteiger partial charge on any atom is -0.250 e. The van der Waals surface area contributed by atoms with Crippen LogP contribution in [-0.2, 0) is 0 Å². The molecule has 0 atom stereocenters. The summed E-state index contributed by atoms with van der Waals surface area (Å²) in [5.41, 5.74) is 0. The maximum Gasteiger partial charge on any atom is 0.397 e. The highest BCUT2D eigenvalue weighted by atomic mass is 32.1. The van der Waals surface area contributed by atoms with E-state index < -0.39 is 6.18 Å². The summed E-state index contributed by atoms with van der Waals surface area (Å²) in [5.74, 6) is 0. The highest BCUT2D eigenvalue weighted by Crippen LogP contribution is 2.26. The predicted molar refractivity (Wildman–Crippen MR) is 36.3 cm³/mol. The number of rotatable bonds is 1. The number of halogens is 3. The second-order valence-corrected chi connectivity index (χ2v) is 3.23. The third-order valence-electron chi connectivity index (χ3n) is 0.945. The lowest BCUT2D eigenvalue weighted by atomic mass is 10.4. The molecule has 1 aromatic heterocycles. The topological polar surface area (TPSA) is 12.9 Å². The minimum atomic E-state index is -4.24. The zero-order chi connectivity index (χ0) is 8.48. The van der Waals surface area contributed by atoms with E-state index in [2.05, 4.69) is 4.98 Å². The van der Waals surface area contributed by atoms with Gasteiger partial charge < -0.3 is 0 Å². The van der Waals surface area contributed by atoms with Gasteiger partial charge in [-0.2, -0.15) is 13.2 Å². The predicted octanol–water partition coefficient (Wildman–Crippen LogP) is 2.57. The second kappa shape index (κ2) is 2.81. The van der Waals surface area contributed by atoms with E-state index in [1.807, 2.05) is 0 Å². The second-order valence-electron chi connectivity index (χ2n) is 1.97. The number of thiazole rings is 1. The molecule has 11 heavy (non-hydrogen) atoms. The van der Waals surface area contributed by atoms with Crippen LogP contribution in [0.1, 0.15) is 9.88 Å². The first-order valence-electron chi connectivity index (χ1n) is 2.82. The zero-order valence-corrected chi connectivity index (χ0v) is 6.46. The summed E-state index contributed by atoms with van der Waals surface area (Å²) >= 11 is 1.03. The molecule has 0 aliphatic rings. The molecule has 5 heteroatoms. The van der Waals surface area contributed by atoms with Crippen molar-refractivity contribution in [1.29, 1.82) is 0 Å². The first-order chi connectivity index (χ1) is 4.97. The maximum atomic E-state index is 11.7. The van der Waals surface area contributed by atoms with Crippen LogP contribution in [0.25, 0.3) is 0 Å². The number of hydrogen-bond donors (Lipinski definition) is 0. The average molecular weight is 180 g/mol. The lowest BCUT2D eigenvalue weighted by molar-refractivity contribution is -0.0924. The van der Waals surface area contributed by atoms with Gasteiger partial charge in [0.15, 0.2) is 0 Å². The van der Waals surface area contributed by atoms with Crippen molar-refractivity contribution < 1.29 is 13.2 Å². The molecule has 0 N–H and O–H groups in total. The van der Waals surface area contributed by atoms with Crippen LogP contribution >= 0.6 is 11.3 Å². The molecule has 0 aliphatic carbocycles. The lowest BCUT2D eigenvalue weighted by Gasteiger charge is -2.00. The molecule has 0 saturated carbocycles. The van der Waals surface area contributed by atoms with Crippen molar-refractivity contribution >= 4 is 11.3 Å². The van der Waals surface area contributed by atoms with Gasteiger partial charge in [0.1, 0.15) is 6.42 Å². The molecule has 0 aliphatic heterocycles. The van der Waals surface area contributed by atoms with Crippen LogP contribution in [0.15, 0.2) is 6.20 Å². The molecule has 0 amide bonds. The summed E-state index contributed by atoms with van der Waals surface area (Å²) in [5, 5.41) is 0.639. The molecule has 0 saturated heterocycles. The van der Waals surface area contributed by atoms with E-state index in [4.69, 9.17) is 0 Å². The Bertz CT molecular complexity index is 240. The van der Waals surface area contributed by atoms with Gasteiger partial charge in [0.05, 0.1) is 5.01 Å². The van der Waals surface area contributed by atoms with Gasteiger partial charge in [0.25, 0.3) is 0 Å². The summed E-state index contributed by atoms with van der Waals surface area (Å²) < 4.78 is 35.0. The minimum absolute atomic E-state index is 0.148. The number of hydrogen-bond acceptors (Lipinski definition) is 2. The molecule has 0 bridgehead atoms. The number of aryl methyl sites for hydroxylation is 1. The third-order valence-corrected chi connectivity index (χ3v) is 1.80. The maximum absolute atomic E-state index is 11.7. The Morgan fingerprint density at radius 1 is 1.55 bits per heavy atom. The first-order valence-corrected chi connectivity index (χ1v) is 3.64. The summed E-state index contributed by atoms with van der Waals surface area (Å²) in [6.07, 6.45) is -2.77. The van der Waals surface area contributed by atoms with Crippen LogP contribution in [0.3, 0.4) is 0 Å². The molecular formula is C6H5F3NS. The van der Waals surface area contributed by atoms with Crippen LogP contribution in [0.5, 0.6) is 0 Å². The Kier molecular flexibility index (Phi) is 2.17. The number of alkyl halides is 3. The van der Waals surface area contributed by atoms with Gasteiger partial charge in [0.2, 0.25) is 0 Å². The molecule has 61 valence electrons. The molecule has 1 radical (unpaired) electrons. The highest BCUT2D eigenvalue weighted by molar-refractivity contribution is 7.11. The van der Waals surface area contributed by atoms with Crippen molar-refractivity contribution in [3.63, 3.8) is 0 Å². The largest absolute Gasteiger partial charge is 0.397 e. The van der Waals surface area contributed by atoms with Crippen molar-refractivity contribution in [3.8, 4) is 0 Å². The van der Waals surface area contributed by atoms with Crippen LogP contribution in [-0.4, -0.2) is 11.2 Å². The quantitative estimate of drug-likeness (QED) is 0.647. The normalized spacial score (nSPS) is 12.0. The van der Waals surface area contributed by atoms with Crippen molar-refractivity contribution in [3.05, 3.63) is 22.5 Å². The van der Waals surface area contributed by atoms with Gasteiger partial charge in [0, 0.05) is 11.1 Å². The molecule has 1 heterocycles. The summed E-state index contributed by atoms with van der Waals surface area (Å²) in [7, 11) is 0. The molecule has 0 unspecified atom stereocenters. The van der Waals surface area contributed by atoms with Gasteiger partial charge >= 0.3 is 6.18 Å².